The third-order valence-corrected chi connectivity index (χ3v) is 3.18. The van der Waals surface area contributed by atoms with Crippen molar-refractivity contribution >= 4 is 0 Å². The number of rotatable bonds is 2. The van der Waals surface area contributed by atoms with E-state index in [1.54, 1.807) is 18.2 Å². The van der Waals surface area contributed by atoms with E-state index in [0.717, 1.165) is 5.56 Å². The molecule has 1 aliphatic heterocycles. The highest BCUT2D eigenvalue weighted by Gasteiger charge is 2.44. The van der Waals surface area contributed by atoms with E-state index >= 15 is 0 Å². The van der Waals surface area contributed by atoms with Crippen molar-refractivity contribution in [2.24, 2.45) is 0 Å². The fourth-order valence-corrected chi connectivity index (χ4v) is 2.39. The van der Waals surface area contributed by atoms with Crippen LogP contribution in [-0.2, 0) is 0 Å². The number of halogens is 3. The molecule has 0 spiro atoms. The molecule has 1 aromatic rings. The number of benzene rings is 1. The van der Waals surface area contributed by atoms with Gasteiger partial charge in [0.25, 0.3) is 0 Å². The molecular weight excluding hydrogens is 241 g/mol. The molecule has 18 heavy (non-hydrogen) atoms. The van der Waals surface area contributed by atoms with Crippen LogP contribution in [0.3, 0.4) is 0 Å². The monoisotopic (exact) mass is 258 g/mol. The maximum absolute atomic E-state index is 13.3. The summed E-state index contributed by atoms with van der Waals surface area (Å²) >= 11 is 0. The molecule has 0 saturated carbocycles. The minimum Gasteiger partial charge on any atom is -0.314 e. The highest BCUT2D eigenvalue weighted by atomic mass is 19.4. The summed E-state index contributed by atoms with van der Waals surface area (Å²) in [4.78, 5) is 1.51. The third-order valence-electron chi connectivity index (χ3n) is 3.18. The first-order chi connectivity index (χ1) is 8.48. The molecule has 0 bridgehead atoms. The molecule has 1 atom stereocenters. The van der Waals surface area contributed by atoms with Crippen molar-refractivity contribution in [2.45, 2.75) is 19.1 Å². The first-order valence-electron chi connectivity index (χ1n) is 6.06. The van der Waals surface area contributed by atoms with Crippen LogP contribution in [0.5, 0.6) is 0 Å². The zero-order valence-electron chi connectivity index (χ0n) is 10.3. The van der Waals surface area contributed by atoms with Crippen molar-refractivity contribution in [3.63, 3.8) is 0 Å². The normalized spacial score (nSPS) is 19.8. The second kappa shape index (κ2) is 5.28. The molecule has 1 saturated heterocycles. The highest BCUT2D eigenvalue weighted by molar-refractivity contribution is 5.26. The Labute approximate surface area is 105 Å². The van der Waals surface area contributed by atoms with Crippen molar-refractivity contribution in [3.05, 3.63) is 35.4 Å². The number of nitrogens with one attached hydrogen (secondary N) is 1. The zero-order valence-corrected chi connectivity index (χ0v) is 10.3. The topological polar surface area (TPSA) is 15.3 Å². The average Bonchev–Trinajstić information content (AvgIpc) is 2.28. The Hall–Kier alpha value is -1.07. The molecule has 1 heterocycles. The fraction of sp³-hybridized carbons (Fsp3) is 0.538. The Kier molecular flexibility index (Phi) is 3.92. The minimum atomic E-state index is -4.23. The fourth-order valence-electron chi connectivity index (χ4n) is 2.39. The molecule has 0 aromatic heterocycles. The van der Waals surface area contributed by atoms with E-state index in [-0.39, 0.29) is 0 Å². The van der Waals surface area contributed by atoms with E-state index in [0.29, 0.717) is 31.7 Å². The van der Waals surface area contributed by atoms with Gasteiger partial charge in [0.1, 0.15) is 6.04 Å². The maximum atomic E-state index is 13.3. The predicted molar refractivity (Wildman–Crippen MR) is 64.4 cm³/mol. The van der Waals surface area contributed by atoms with E-state index in [2.05, 4.69) is 5.32 Å². The SMILES string of the molecule is Cc1cccc([C@H](N2CCNCC2)C(F)(F)F)c1. The van der Waals surface area contributed by atoms with Crippen LogP contribution in [0, 0.1) is 6.92 Å². The quantitative estimate of drug-likeness (QED) is 0.876. The van der Waals surface area contributed by atoms with Gasteiger partial charge < -0.3 is 5.32 Å². The molecule has 2 rings (SSSR count). The van der Waals surface area contributed by atoms with E-state index in [1.807, 2.05) is 13.0 Å². The van der Waals surface area contributed by atoms with Crippen LogP contribution in [0.25, 0.3) is 0 Å². The summed E-state index contributed by atoms with van der Waals surface area (Å²) in [5, 5.41) is 3.07. The zero-order chi connectivity index (χ0) is 13.2. The Morgan fingerprint density at radius 3 is 2.44 bits per heavy atom. The number of hydrogen-bond acceptors (Lipinski definition) is 2. The lowest BCUT2D eigenvalue weighted by atomic mass is 10.0. The van der Waals surface area contributed by atoms with Crippen LogP contribution in [-0.4, -0.2) is 37.3 Å². The second-order valence-electron chi connectivity index (χ2n) is 4.64. The summed E-state index contributed by atoms with van der Waals surface area (Å²) in [6, 6.07) is 5.20. The van der Waals surface area contributed by atoms with Crippen LogP contribution >= 0.6 is 0 Å². The van der Waals surface area contributed by atoms with Gasteiger partial charge in [-0.25, -0.2) is 0 Å². The standard InChI is InChI=1S/C13H17F3N2/c1-10-3-2-4-11(9-10)12(13(14,15)16)18-7-5-17-6-8-18/h2-4,9,12,17H,5-8H2,1H3/t12-/m0/s1. The number of hydrogen-bond donors (Lipinski definition) is 1. The van der Waals surface area contributed by atoms with Crippen LogP contribution < -0.4 is 5.32 Å². The molecule has 1 aromatic carbocycles. The Balaban J connectivity index is 2.30. The van der Waals surface area contributed by atoms with Gasteiger partial charge in [-0.1, -0.05) is 29.8 Å². The summed E-state index contributed by atoms with van der Waals surface area (Å²) in [5.41, 5.74) is 1.20. The predicted octanol–water partition coefficient (Wildman–Crippen LogP) is 2.50. The second-order valence-corrected chi connectivity index (χ2v) is 4.64. The van der Waals surface area contributed by atoms with Crippen LogP contribution in [0.4, 0.5) is 13.2 Å². The molecular formula is C13H17F3N2. The molecule has 1 N–H and O–H groups in total. The first-order valence-corrected chi connectivity index (χ1v) is 6.06. The van der Waals surface area contributed by atoms with E-state index in [1.165, 1.54) is 4.90 Å². The van der Waals surface area contributed by atoms with Gasteiger partial charge in [0.15, 0.2) is 0 Å². The van der Waals surface area contributed by atoms with Gasteiger partial charge in [0.05, 0.1) is 0 Å². The molecule has 1 fully saturated rings. The van der Waals surface area contributed by atoms with Crippen LogP contribution in [0.15, 0.2) is 24.3 Å². The average molecular weight is 258 g/mol. The van der Waals surface area contributed by atoms with Gasteiger partial charge in [-0.2, -0.15) is 13.2 Å². The number of piperazine rings is 1. The van der Waals surface area contributed by atoms with E-state index in [4.69, 9.17) is 0 Å². The molecule has 2 nitrogen and oxygen atoms in total. The lowest BCUT2D eigenvalue weighted by Crippen LogP contribution is -2.49. The van der Waals surface area contributed by atoms with Gasteiger partial charge in [-0.3, -0.25) is 4.90 Å². The highest BCUT2D eigenvalue weighted by Crippen LogP contribution is 2.37. The summed E-state index contributed by atoms with van der Waals surface area (Å²) in [5.74, 6) is 0. The third kappa shape index (κ3) is 3.03. The maximum Gasteiger partial charge on any atom is 0.408 e. The smallest absolute Gasteiger partial charge is 0.314 e. The van der Waals surface area contributed by atoms with Gasteiger partial charge in [-0.15, -0.1) is 0 Å². The van der Waals surface area contributed by atoms with E-state index < -0.39 is 12.2 Å². The Morgan fingerprint density at radius 1 is 1.22 bits per heavy atom. The molecule has 5 heteroatoms. The summed E-state index contributed by atoms with van der Waals surface area (Å²) < 4.78 is 39.8. The van der Waals surface area contributed by atoms with Crippen molar-refractivity contribution in [3.8, 4) is 0 Å². The van der Waals surface area contributed by atoms with Gasteiger partial charge >= 0.3 is 6.18 Å². The molecule has 0 aliphatic carbocycles. The molecule has 0 unspecified atom stereocenters. The minimum absolute atomic E-state index is 0.337. The van der Waals surface area contributed by atoms with Crippen molar-refractivity contribution in [2.75, 3.05) is 26.2 Å². The molecule has 0 amide bonds. The first kappa shape index (κ1) is 13.4. The summed E-state index contributed by atoms with van der Waals surface area (Å²) in [6.45, 7) is 3.89. The number of alkyl halides is 3. The van der Waals surface area contributed by atoms with Crippen molar-refractivity contribution in [1.29, 1.82) is 0 Å². The van der Waals surface area contributed by atoms with Gasteiger partial charge in [0, 0.05) is 26.2 Å². The van der Waals surface area contributed by atoms with Crippen LogP contribution in [0.1, 0.15) is 17.2 Å². The summed E-state index contributed by atoms with van der Waals surface area (Å²) in [7, 11) is 0. The Morgan fingerprint density at radius 2 is 1.89 bits per heavy atom. The lowest BCUT2D eigenvalue weighted by Gasteiger charge is -2.36. The molecule has 100 valence electrons. The van der Waals surface area contributed by atoms with E-state index in [9.17, 15) is 13.2 Å². The van der Waals surface area contributed by atoms with Crippen molar-refractivity contribution < 1.29 is 13.2 Å². The van der Waals surface area contributed by atoms with Gasteiger partial charge in [0.2, 0.25) is 0 Å². The molecule has 1 aliphatic rings. The summed E-state index contributed by atoms with van der Waals surface area (Å²) in [6.07, 6.45) is -4.23. The lowest BCUT2D eigenvalue weighted by molar-refractivity contribution is -0.187. The largest absolute Gasteiger partial charge is 0.408 e. The number of nitrogens with zero attached hydrogens (tertiary/aromatic N) is 1. The van der Waals surface area contributed by atoms with Crippen molar-refractivity contribution in [1.82, 2.24) is 10.2 Å². The van der Waals surface area contributed by atoms with Crippen LogP contribution in [0.2, 0.25) is 0 Å². The van der Waals surface area contributed by atoms with Gasteiger partial charge in [-0.05, 0) is 12.5 Å². The Bertz CT molecular complexity index is 397. The molecule has 0 radical (unpaired) electrons. The number of aryl methyl sites for hydroxylation is 1.